The van der Waals surface area contributed by atoms with Crippen LogP contribution in [-0.2, 0) is 20.8 Å². The zero-order valence-corrected chi connectivity index (χ0v) is 19.4. The molecule has 34 heavy (non-hydrogen) atoms. The Morgan fingerprint density at radius 3 is 2.38 bits per heavy atom. The Kier molecular flexibility index (Phi) is 7.11. The highest BCUT2D eigenvalue weighted by molar-refractivity contribution is 6.12. The minimum Gasteiger partial charge on any atom is -0.314 e. The van der Waals surface area contributed by atoms with Gasteiger partial charge in [0.2, 0.25) is 11.8 Å². The first kappa shape index (κ1) is 23.3. The summed E-state index contributed by atoms with van der Waals surface area (Å²) < 4.78 is 0. The molecule has 0 N–H and O–H groups in total. The highest BCUT2D eigenvalue weighted by atomic mass is 16.2. The number of aromatic nitrogens is 2. The molecule has 3 amide bonds. The number of carbonyl (C=O) groups excluding carboxylic acids is 3. The fourth-order valence-corrected chi connectivity index (χ4v) is 4.48. The lowest BCUT2D eigenvalue weighted by Gasteiger charge is -2.46. The fourth-order valence-electron chi connectivity index (χ4n) is 4.48. The van der Waals surface area contributed by atoms with E-state index < -0.39 is 12.0 Å². The molecule has 3 heterocycles. The van der Waals surface area contributed by atoms with E-state index in [1.54, 1.807) is 31.8 Å². The third-order valence-electron chi connectivity index (χ3n) is 6.48. The lowest BCUT2D eigenvalue weighted by molar-refractivity contribution is -0.170. The predicted molar refractivity (Wildman–Crippen MR) is 129 cm³/mol. The maximum Gasteiger partial charge on any atom is 0.250 e. The van der Waals surface area contributed by atoms with Crippen LogP contribution in [0.15, 0.2) is 79.4 Å². The number of nitrogens with zero attached hydrogens (tertiary/aromatic N) is 4. The normalized spacial score (nSPS) is 18.2. The lowest BCUT2D eigenvalue weighted by atomic mass is 9.80. The number of β-lactam (4-membered cyclic amide) rings is 1. The summed E-state index contributed by atoms with van der Waals surface area (Å²) in [6, 6.07) is 15.8. The molecule has 1 fully saturated rings. The van der Waals surface area contributed by atoms with Gasteiger partial charge in [-0.25, -0.2) is 0 Å². The van der Waals surface area contributed by atoms with Gasteiger partial charge < -0.3 is 4.90 Å². The van der Waals surface area contributed by atoms with E-state index in [4.69, 9.17) is 0 Å². The van der Waals surface area contributed by atoms with Crippen molar-refractivity contribution in [2.75, 3.05) is 11.9 Å². The highest BCUT2D eigenvalue weighted by Crippen LogP contribution is 2.35. The zero-order chi connectivity index (χ0) is 24.1. The van der Waals surface area contributed by atoms with E-state index in [0.717, 1.165) is 17.5 Å². The number of imide groups is 1. The molecule has 7 heteroatoms. The molecule has 1 aliphatic heterocycles. The number of carbonyl (C=O) groups is 3. The van der Waals surface area contributed by atoms with Crippen LogP contribution in [0.2, 0.25) is 0 Å². The maximum atomic E-state index is 13.6. The van der Waals surface area contributed by atoms with Crippen molar-refractivity contribution in [1.82, 2.24) is 14.9 Å². The molecule has 3 atom stereocenters. The molecular formula is C27H28N4O3. The van der Waals surface area contributed by atoms with Crippen LogP contribution in [0.25, 0.3) is 0 Å². The average Bonchev–Trinajstić information content (AvgIpc) is 2.89. The van der Waals surface area contributed by atoms with Gasteiger partial charge in [-0.3, -0.25) is 29.3 Å². The summed E-state index contributed by atoms with van der Waals surface area (Å²) in [7, 11) is 1.68. The third kappa shape index (κ3) is 4.73. The Morgan fingerprint density at radius 1 is 1.00 bits per heavy atom. The number of rotatable bonds is 8. The van der Waals surface area contributed by atoms with Crippen LogP contribution in [-0.4, -0.2) is 45.7 Å². The van der Waals surface area contributed by atoms with Crippen LogP contribution < -0.4 is 4.90 Å². The summed E-state index contributed by atoms with van der Waals surface area (Å²) in [5.74, 6) is -1.57. The molecule has 0 aliphatic carbocycles. The number of pyridine rings is 2. The number of amides is 3. The van der Waals surface area contributed by atoms with Crippen molar-refractivity contribution >= 4 is 23.4 Å². The molecule has 174 valence electrons. The number of likely N-dealkylation sites (N-methyl/N-ethyl adjacent to an activating group) is 1. The van der Waals surface area contributed by atoms with E-state index in [2.05, 4.69) is 9.97 Å². The van der Waals surface area contributed by atoms with Gasteiger partial charge >= 0.3 is 0 Å². The van der Waals surface area contributed by atoms with Crippen molar-refractivity contribution in [3.8, 4) is 0 Å². The van der Waals surface area contributed by atoms with Crippen molar-refractivity contribution in [2.45, 2.75) is 38.1 Å². The lowest BCUT2D eigenvalue weighted by Crippen LogP contribution is -2.69. The molecule has 3 aromatic rings. The van der Waals surface area contributed by atoms with Crippen molar-refractivity contribution in [3.05, 3.63) is 90.5 Å². The van der Waals surface area contributed by atoms with Crippen LogP contribution in [0.1, 0.15) is 36.8 Å². The van der Waals surface area contributed by atoms with Gasteiger partial charge in [0, 0.05) is 43.9 Å². The number of hydrogen-bond donors (Lipinski definition) is 0. The molecule has 0 radical (unpaired) electrons. The standard InChI is InChI=1S/C27H28N4O3/c1-3-20(21-8-7-13-29-18-21)17-24(32)31-25(27(34)30(2)22-9-5-4-6-10-22)23(26(31)33)16-19-11-14-28-15-12-19/h4-15,18,20,23,25H,3,16-17H2,1-2H3/t20-,23+,25-/m0/s1. The van der Waals surface area contributed by atoms with Crippen LogP contribution in [0.4, 0.5) is 5.69 Å². The molecule has 7 nitrogen and oxygen atoms in total. The summed E-state index contributed by atoms with van der Waals surface area (Å²) >= 11 is 0. The van der Waals surface area contributed by atoms with Crippen molar-refractivity contribution in [2.24, 2.45) is 5.92 Å². The predicted octanol–water partition coefficient (Wildman–Crippen LogP) is 3.62. The Morgan fingerprint density at radius 2 is 1.74 bits per heavy atom. The van der Waals surface area contributed by atoms with E-state index in [0.29, 0.717) is 12.1 Å². The summed E-state index contributed by atoms with van der Waals surface area (Å²) in [6.45, 7) is 2.00. The van der Waals surface area contributed by atoms with Gasteiger partial charge in [-0.2, -0.15) is 0 Å². The second-order valence-corrected chi connectivity index (χ2v) is 8.54. The van der Waals surface area contributed by atoms with Crippen molar-refractivity contribution < 1.29 is 14.4 Å². The van der Waals surface area contributed by atoms with E-state index in [-0.39, 0.29) is 30.1 Å². The van der Waals surface area contributed by atoms with Gasteiger partial charge in [-0.05, 0) is 60.2 Å². The van der Waals surface area contributed by atoms with Crippen molar-refractivity contribution in [1.29, 1.82) is 0 Å². The number of benzene rings is 1. The van der Waals surface area contributed by atoms with Crippen LogP contribution >= 0.6 is 0 Å². The second-order valence-electron chi connectivity index (χ2n) is 8.54. The summed E-state index contributed by atoms with van der Waals surface area (Å²) in [5.41, 5.74) is 2.56. The number of hydrogen-bond acceptors (Lipinski definition) is 5. The number of anilines is 1. The molecule has 0 spiro atoms. The van der Waals surface area contributed by atoms with E-state index in [1.165, 1.54) is 9.80 Å². The van der Waals surface area contributed by atoms with Gasteiger partial charge in [0.05, 0.1) is 5.92 Å². The summed E-state index contributed by atoms with van der Waals surface area (Å²) in [6.07, 6.45) is 8.01. The van der Waals surface area contributed by atoms with Gasteiger partial charge in [0.1, 0.15) is 6.04 Å². The van der Waals surface area contributed by atoms with E-state index in [1.807, 2.05) is 61.5 Å². The topological polar surface area (TPSA) is 83.5 Å². The van der Waals surface area contributed by atoms with Crippen LogP contribution in [0.3, 0.4) is 0 Å². The summed E-state index contributed by atoms with van der Waals surface area (Å²) in [5, 5.41) is 0. The Labute approximate surface area is 199 Å². The largest absolute Gasteiger partial charge is 0.314 e. The van der Waals surface area contributed by atoms with Crippen LogP contribution in [0.5, 0.6) is 0 Å². The van der Waals surface area contributed by atoms with Gasteiger partial charge in [0.25, 0.3) is 5.91 Å². The number of para-hydroxylation sites is 1. The average molecular weight is 457 g/mol. The quantitative estimate of drug-likeness (QED) is 0.484. The minimum atomic E-state index is -0.843. The molecule has 1 aliphatic rings. The Hall–Kier alpha value is -3.87. The zero-order valence-electron chi connectivity index (χ0n) is 19.4. The van der Waals surface area contributed by atoms with Gasteiger partial charge in [-0.1, -0.05) is 31.2 Å². The SMILES string of the molecule is CC[C@@H](CC(=O)N1C(=O)[C@H](Cc2ccncc2)[C@H]1C(=O)N(C)c1ccccc1)c1cccnc1. The number of likely N-dealkylation sites (tertiary alicyclic amines) is 1. The Bertz CT molecular complexity index is 1140. The van der Waals surface area contributed by atoms with E-state index in [9.17, 15) is 14.4 Å². The Balaban J connectivity index is 1.58. The van der Waals surface area contributed by atoms with E-state index >= 15 is 0 Å². The third-order valence-corrected chi connectivity index (χ3v) is 6.48. The highest BCUT2D eigenvalue weighted by Gasteiger charge is 2.55. The second kappa shape index (κ2) is 10.4. The monoisotopic (exact) mass is 456 g/mol. The van der Waals surface area contributed by atoms with Gasteiger partial charge in [-0.15, -0.1) is 0 Å². The maximum absolute atomic E-state index is 13.6. The van der Waals surface area contributed by atoms with Crippen LogP contribution in [0, 0.1) is 5.92 Å². The first-order valence-corrected chi connectivity index (χ1v) is 11.5. The molecule has 0 bridgehead atoms. The molecule has 2 aromatic heterocycles. The first-order valence-electron chi connectivity index (χ1n) is 11.5. The molecule has 1 aromatic carbocycles. The smallest absolute Gasteiger partial charge is 0.250 e. The summed E-state index contributed by atoms with van der Waals surface area (Å²) in [4.78, 5) is 51.0. The molecule has 4 rings (SSSR count). The molecule has 0 saturated carbocycles. The first-order chi connectivity index (χ1) is 16.5. The molecule has 1 saturated heterocycles. The van der Waals surface area contributed by atoms with Crippen molar-refractivity contribution in [3.63, 3.8) is 0 Å². The van der Waals surface area contributed by atoms with Gasteiger partial charge in [0.15, 0.2) is 0 Å². The molecule has 0 unspecified atom stereocenters. The molecular weight excluding hydrogens is 428 g/mol. The fraction of sp³-hybridized carbons (Fsp3) is 0.296. The minimum absolute atomic E-state index is 0.0733.